The van der Waals surface area contributed by atoms with E-state index in [1.54, 1.807) is 12.1 Å². The van der Waals surface area contributed by atoms with E-state index in [2.05, 4.69) is 24.5 Å². The molecule has 23 heavy (non-hydrogen) atoms. The van der Waals surface area contributed by atoms with Crippen molar-refractivity contribution in [1.29, 1.82) is 0 Å². The molecule has 2 N–H and O–H groups in total. The molecule has 6 heteroatoms. The average molecular weight is 320 g/mol. The highest BCUT2D eigenvalue weighted by molar-refractivity contribution is 5.97. The van der Waals surface area contributed by atoms with Crippen LogP contribution in [0.2, 0.25) is 0 Å². The third-order valence-electron chi connectivity index (χ3n) is 3.39. The zero-order valence-electron chi connectivity index (χ0n) is 14.0. The van der Waals surface area contributed by atoms with Crippen LogP contribution in [0.15, 0.2) is 24.3 Å². The van der Waals surface area contributed by atoms with Crippen LogP contribution in [-0.2, 0) is 9.53 Å². The van der Waals surface area contributed by atoms with Crippen LogP contribution < -0.4 is 10.6 Å². The molecule has 1 rings (SSSR count). The van der Waals surface area contributed by atoms with Gasteiger partial charge in [0.1, 0.15) is 0 Å². The molecule has 0 heterocycles. The maximum Gasteiger partial charge on any atom is 0.338 e. The van der Waals surface area contributed by atoms with Crippen molar-refractivity contribution in [3.8, 4) is 0 Å². The number of benzene rings is 1. The molecular formula is C17H24N2O4. The lowest BCUT2D eigenvalue weighted by molar-refractivity contribution is -0.123. The lowest BCUT2D eigenvalue weighted by Crippen LogP contribution is -2.44. The SMILES string of the molecule is CC[C@@H](C)NC(=O)NC(=O)COC(=O)c1ccc(C(C)C)cc1. The highest BCUT2D eigenvalue weighted by Gasteiger charge is 2.13. The van der Waals surface area contributed by atoms with E-state index >= 15 is 0 Å². The highest BCUT2D eigenvalue weighted by Crippen LogP contribution is 2.15. The van der Waals surface area contributed by atoms with Crippen molar-refractivity contribution >= 4 is 17.9 Å². The summed E-state index contributed by atoms with van der Waals surface area (Å²) in [6.45, 7) is 7.35. The minimum absolute atomic E-state index is 0.0372. The second-order valence-corrected chi connectivity index (χ2v) is 5.68. The minimum atomic E-state index is -0.669. The first kappa shape index (κ1) is 18.7. The molecular weight excluding hydrogens is 296 g/mol. The van der Waals surface area contributed by atoms with Crippen molar-refractivity contribution < 1.29 is 19.1 Å². The van der Waals surface area contributed by atoms with Crippen molar-refractivity contribution in [2.45, 2.75) is 46.1 Å². The van der Waals surface area contributed by atoms with Gasteiger partial charge >= 0.3 is 12.0 Å². The third-order valence-corrected chi connectivity index (χ3v) is 3.39. The summed E-state index contributed by atoms with van der Waals surface area (Å²) in [5, 5.41) is 4.70. The predicted octanol–water partition coefficient (Wildman–Crippen LogP) is 2.59. The maximum atomic E-state index is 11.8. The molecule has 0 aliphatic rings. The van der Waals surface area contributed by atoms with Gasteiger partial charge in [0.15, 0.2) is 6.61 Å². The van der Waals surface area contributed by atoms with Gasteiger partial charge in [-0.25, -0.2) is 9.59 Å². The van der Waals surface area contributed by atoms with E-state index in [4.69, 9.17) is 4.74 Å². The first-order valence-corrected chi connectivity index (χ1v) is 7.70. The number of nitrogens with one attached hydrogen (secondary N) is 2. The van der Waals surface area contributed by atoms with Gasteiger partial charge in [0.25, 0.3) is 5.91 Å². The Morgan fingerprint density at radius 2 is 1.70 bits per heavy atom. The summed E-state index contributed by atoms with van der Waals surface area (Å²) in [6, 6.07) is 6.38. The molecule has 0 saturated heterocycles. The normalized spacial score (nSPS) is 11.7. The van der Waals surface area contributed by atoms with Gasteiger partial charge in [0.2, 0.25) is 0 Å². The van der Waals surface area contributed by atoms with Gasteiger partial charge in [0, 0.05) is 6.04 Å². The number of carbonyl (C=O) groups excluding carboxylic acids is 3. The first-order chi connectivity index (χ1) is 10.8. The molecule has 0 unspecified atom stereocenters. The summed E-state index contributed by atoms with van der Waals surface area (Å²) in [5.41, 5.74) is 1.48. The Hall–Kier alpha value is -2.37. The Balaban J connectivity index is 2.43. The van der Waals surface area contributed by atoms with Gasteiger partial charge in [-0.2, -0.15) is 0 Å². The zero-order chi connectivity index (χ0) is 17.4. The molecule has 0 saturated carbocycles. The van der Waals surface area contributed by atoms with Gasteiger partial charge in [-0.05, 0) is 37.0 Å². The minimum Gasteiger partial charge on any atom is -0.452 e. The zero-order valence-corrected chi connectivity index (χ0v) is 14.0. The molecule has 1 aromatic rings. The first-order valence-electron chi connectivity index (χ1n) is 7.70. The van der Waals surface area contributed by atoms with Crippen LogP contribution in [0.3, 0.4) is 0 Å². The van der Waals surface area contributed by atoms with E-state index in [-0.39, 0.29) is 6.04 Å². The molecule has 0 spiro atoms. The van der Waals surface area contributed by atoms with E-state index in [1.807, 2.05) is 26.0 Å². The van der Waals surface area contributed by atoms with Crippen LogP contribution in [0, 0.1) is 0 Å². The summed E-state index contributed by atoms with van der Waals surface area (Å²) >= 11 is 0. The van der Waals surface area contributed by atoms with Gasteiger partial charge in [0.05, 0.1) is 5.56 Å². The Bertz CT molecular complexity index is 552. The summed E-state index contributed by atoms with van der Waals surface area (Å²) in [6.07, 6.45) is 0.753. The van der Waals surface area contributed by atoms with Crippen LogP contribution in [0.4, 0.5) is 4.79 Å². The fourth-order valence-corrected chi connectivity index (χ4v) is 1.74. The Morgan fingerprint density at radius 1 is 1.09 bits per heavy atom. The molecule has 0 bridgehead atoms. The molecule has 0 fully saturated rings. The van der Waals surface area contributed by atoms with Crippen molar-refractivity contribution in [3.63, 3.8) is 0 Å². The number of esters is 1. The Kier molecular flexibility index (Phi) is 7.25. The third kappa shape index (κ3) is 6.50. The molecule has 0 aromatic heterocycles. The van der Waals surface area contributed by atoms with E-state index in [1.165, 1.54) is 0 Å². The number of imide groups is 1. The molecule has 126 valence electrons. The van der Waals surface area contributed by atoms with E-state index < -0.39 is 24.5 Å². The average Bonchev–Trinajstić information content (AvgIpc) is 2.52. The Morgan fingerprint density at radius 3 is 2.22 bits per heavy atom. The van der Waals surface area contributed by atoms with Crippen LogP contribution >= 0.6 is 0 Å². The van der Waals surface area contributed by atoms with Gasteiger partial charge in [-0.15, -0.1) is 0 Å². The Labute approximate surface area is 136 Å². The molecule has 0 radical (unpaired) electrons. The fraction of sp³-hybridized carbons (Fsp3) is 0.471. The van der Waals surface area contributed by atoms with Crippen LogP contribution in [0.5, 0.6) is 0 Å². The van der Waals surface area contributed by atoms with Crippen LogP contribution in [-0.4, -0.2) is 30.6 Å². The molecule has 3 amide bonds. The van der Waals surface area contributed by atoms with Gasteiger partial charge in [-0.1, -0.05) is 32.9 Å². The number of carbonyl (C=O) groups is 3. The van der Waals surface area contributed by atoms with E-state index in [9.17, 15) is 14.4 Å². The summed E-state index contributed by atoms with van der Waals surface area (Å²) < 4.78 is 4.89. The van der Waals surface area contributed by atoms with Crippen LogP contribution in [0.1, 0.15) is 56.0 Å². The lowest BCUT2D eigenvalue weighted by Gasteiger charge is -2.12. The maximum absolute atomic E-state index is 11.8. The fourth-order valence-electron chi connectivity index (χ4n) is 1.74. The van der Waals surface area contributed by atoms with Gasteiger partial charge < -0.3 is 10.1 Å². The quantitative estimate of drug-likeness (QED) is 0.789. The standard InChI is InChI=1S/C17H24N2O4/c1-5-12(4)18-17(22)19-15(20)10-23-16(21)14-8-6-13(7-9-14)11(2)3/h6-9,11-12H,5,10H2,1-4H3,(H2,18,19,20,22)/t12-/m1/s1. The van der Waals surface area contributed by atoms with Gasteiger partial charge in [-0.3, -0.25) is 10.1 Å². The number of hydrogen-bond acceptors (Lipinski definition) is 4. The molecule has 0 aliphatic heterocycles. The molecule has 0 aliphatic carbocycles. The molecule has 1 aromatic carbocycles. The summed E-state index contributed by atoms with van der Waals surface area (Å²) in [4.78, 5) is 34.8. The summed E-state index contributed by atoms with van der Waals surface area (Å²) in [5.74, 6) is -0.898. The largest absolute Gasteiger partial charge is 0.452 e. The van der Waals surface area contributed by atoms with Crippen molar-refractivity contribution in [1.82, 2.24) is 10.6 Å². The summed E-state index contributed by atoms with van der Waals surface area (Å²) in [7, 11) is 0. The van der Waals surface area contributed by atoms with Crippen LogP contribution in [0.25, 0.3) is 0 Å². The lowest BCUT2D eigenvalue weighted by atomic mass is 10.0. The number of amides is 3. The van der Waals surface area contributed by atoms with Crippen molar-refractivity contribution in [2.75, 3.05) is 6.61 Å². The topological polar surface area (TPSA) is 84.5 Å². The molecule has 1 atom stereocenters. The number of rotatable bonds is 6. The highest BCUT2D eigenvalue weighted by atomic mass is 16.5. The van der Waals surface area contributed by atoms with Crippen molar-refractivity contribution in [2.24, 2.45) is 0 Å². The molecule has 6 nitrogen and oxygen atoms in total. The second kappa shape index (κ2) is 8.92. The van der Waals surface area contributed by atoms with Crippen molar-refractivity contribution in [3.05, 3.63) is 35.4 Å². The van der Waals surface area contributed by atoms with E-state index in [0.717, 1.165) is 12.0 Å². The number of urea groups is 1. The van der Waals surface area contributed by atoms with E-state index in [0.29, 0.717) is 11.5 Å². The number of ether oxygens (including phenoxy) is 1. The smallest absolute Gasteiger partial charge is 0.338 e. The monoisotopic (exact) mass is 320 g/mol. The number of hydrogen-bond donors (Lipinski definition) is 2. The second-order valence-electron chi connectivity index (χ2n) is 5.68. The predicted molar refractivity (Wildman–Crippen MR) is 87.2 cm³/mol.